The molecular formula is C27H32ClN7O2. The molecule has 1 saturated heterocycles. The highest BCUT2D eigenvalue weighted by molar-refractivity contribution is 6.33. The van der Waals surface area contributed by atoms with E-state index in [1.807, 2.05) is 36.4 Å². The lowest BCUT2D eigenvalue weighted by atomic mass is 9.96. The third-order valence-electron chi connectivity index (χ3n) is 6.61. The summed E-state index contributed by atoms with van der Waals surface area (Å²) in [7, 11) is 0. The molecule has 4 N–H and O–H groups in total. The maximum Gasteiger partial charge on any atom is 0.319 e. The zero-order valence-electron chi connectivity index (χ0n) is 20.7. The zero-order chi connectivity index (χ0) is 25.5. The van der Waals surface area contributed by atoms with Crippen LogP contribution in [0.3, 0.4) is 0 Å². The molecule has 0 radical (unpaired) electrons. The summed E-state index contributed by atoms with van der Waals surface area (Å²) in [6.45, 7) is 3.28. The fourth-order valence-corrected chi connectivity index (χ4v) is 4.78. The first-order chi connectivity index (χ1) is 18.1. The van der Waals surface area contributed by atoms with Crippen molar-refractivity contribution in [3.05, 3.63) is 59.8 Å². The van der Waals surface area contributed by atoms with Gasteiger partial charge in [-0.2, -0.15) is 4.98 Å². The van der Waals surface area contributed by atoms with Crippen LogP contribution in [0.15, 0.2) is 54.7 Å². The largest absolute Gasteiger partial charge is 0.378 e. The maximum absolute atomic E-state index is 12.6. The number of urea groups is 1. The molecule has 10 heteroatoms. The number of ether oxygens (including phenoxy) is 1. The number of rotatable bonds is 7. The molecule has 2 aliphatic rings. The minimum Gasteiger partial charge on any atom is -0.378 e. The van der Waals surface area contributed by atoms with E-state index in [9.17, 15) is 4.79 Å². The topological polar surface area (TPSA) is 103 Å². The van der Waals surface area contributed by atoms with E-state index in [0.29, 0.717) is 28.2 Å². The van der Waals surface area contributed by atoms with Crippen LogP contribution >= 0.6 is 11.6 Å². The highest BCUT2D eigenvalue weighted by Gasteiger charge is 2.17. The van der Waals surface area contributed by atoms with Gasteiger partial charge in [0.05, 0.1) is 30.8 Å². The van der Waals surface area contributed by atoms with E-state index in [1.54, 1.807) is 6.20 Å². The Morgan fingerprint density at radius 2 is 1.68 bits per heavy atom. The third kappa shape index (κ3) is 6.81. The maximum atomic E-state index is 12.6. The molecule has 2 aromatic carbocycles. The minimum atomic E-state index is -0.210. The van der Waals surface area contributed by atoms with Crippen molar-refractivity contribution in [2.75, 3.05) is 47.2 Å². The second-order valence-electron chi connectivity index (χ2n) is 9.27. The number of para-hydroxylation sites is 2. The Morgan fingerprint density at radius 1 is 0.946 bits per heavy atom. The number of halogens is 1. The molecule has 0 spiro atoms. The van der Waals surface area contributed by atoms with Crippen molar-refractivity contribution in [2.24, 2.45) is 0 Å². The number of nitrogens with zero attached hydrogens (tertiary/aromatic N) is 3. The summed E-state index contributed by atoms with van der Waals surface area (Å²) in [5.41, 5.74) is 3.35. The number of hydrogen-bond acceptors (Lipinski definition) is 7. The van der Waals surface area contributed by atoms with Crippen LogP contribution in [0.4, 0.5) is 39.3 Å². The Labute approximate surface area is 222 Å². The summed E-state index contributed by atoms with van der Waals surface area (Å²) in [5.74, 6) is 0.845. The van der Waals surface area contributed by atoms with Gasteiger partial charge >= 0.3 is 6.03 Å². The fourth-order valence-electron chi connectivity index (χ4n) is 4.64. The number of morpholine rings is 1. The molecule has 1 aromatic heterocycles. The third-order valence-corrected chi connectivity index (χ3v) is 6.89. The van der Waals surface area contributed by atoms with E-state index in [4.69, 9.17) is 16.3 Å². The van der Waals surface area contributed by atoms with Crippen molar-refractivity contribution in [1.82, 2.24) is 15.3 Å². The first-order valence-corrected chi connectivity index (χ1v) is 13.2. The van der Waals surface area contributed by atoms with Crippen molar-refractivity contribution in [3.63, 3.8) is 0 Å². The summed E-state index contributed by atoms with van der Waals surface area (Å²) >= 11 is 6.41. The fraction of sp³-hybridized carbons (Fsp3) is 0.370. The number of amides is 2. The summed E-state index contributed by atoms with van der Waals surface area (Å²) in [6.07, 6.45) is 7.15. The van der Waals surface area contributed by atoms with E-state index in [0.717, 1.165) is 63.4 Å². The molecule has 0 atom stereocenters. The van der Waals surface area contributed by atoms with Crippen molar-refractivity contribution in [2.45, 2.75) is 38.1 Å². The SMILES string of the molecule is O=C(Nc1ccccc1Nc1nc(Nc2ccc(N3CCOCC3)cc2)ncc1Cl)NC1CCCCC1. The molecule has 2 heterocycles. The predicted octanol–water partition coefficient (Wildman–Crippen LogP) is 5.91. The summed E-state index contributed by atoms with van der Waals surface area (Å²) < 4.78 is 5.43. The quantitative estimate of drug-likeness (QED) is 0.306. The number of carbonyl (C=O) groups is 1. The second-order valence-corrected chi connectivity index (χ2v) is 9.67. The van der Waals surface area contributed by atoms with Crippen LogP contribution in [0, 0.1) is 0 Å². The van der Waals surface area contributed by atoms with E-state index in [1.165, 1.54) is 6.42 Å². The van der Waals surface area contributed by atoms with E-state index >= 15 is 0 Å². The molecule has 2 amide bonds. The Morgan fingerprint density at radius 3 is 2.43 bits per heavy atom. The van der Waals surface area contributed by atoms with Gasteiger partial charge in [-0.25, -0.2) is 9.78 Å². The number of nitrogens with one attached hydrogen (secondary N) is 4. The smallest absolute Gasteiger partial charge is 0.319 e. The Kier molecular flexibility index (Phi) is 8.22. The van der Waals surface area contributed by atoms with Crippen LogP contribution in [-0.2, 0) is 4.74 Å². The lowest BCUT2D eigenvalue weighted by molar-refractivity contribution is 0.122. The Balaban J connectivity index is 1.24. The zero-order valence-corrected chi connectivity index (χ0v) is 21.4. The van der Waals surface area contributed by atoms with Crippen LogP contribution in [0.2, 0.25) is 5.02 Å². The number of hydrogen-bond donors (Lipinski definition) is 4. The molecule has 1 aliphatic carbocycles. The van der Waals surface area contributed by atoms with Gasteiger partial charge in [-0.05, 0) is 49.2 Å². The van der Waals surface area contributed by atoms with Crippen molar-refractivity contribution in [1.29, 1.82) is 0 Å². The first kappa shape index (κ1) is 25.1. The molecular weight excluding hydrogens is 490 g/mol. The van der Waals surface area contributed by atoms with Gasteiger partial charge in [-0.1, -0.05) is 43.0 Å². The van der Waals surface area contributed by atoms with E-state index < -0.39 is 0 Å². The average molecular weight is 522 g/mol. The minimum absolute atomic E-state index is 0.210. The van der Waals surface area contributed by atoms with E-state index in [2.05, 4.69) is 48.3 Å². The van der Waals surface area contributed by atoms with Gasteiger partial charge in [0.15, 0.2) is 5.82 Å². The summed E-state index contributed by atoms with van der Waals surface area (Å²) in [5, 5.41) is 12.9. The van der Waals surface area contributed by atoms with E-state index in [-0.39, 0.29) is 12.1 Å². The van der Waals surface area contributed by atoms with Crippen LogP contribution < -0.4 is 26.2 Å². The van der Waals surface area contributed by atoms with Crippen molar-refractivity contribution >= 4 is 52.1 Å². The molecule has 1 saturated carbocycles. The first-order valence-electron chi connectivity index (χ1n) is 12.8. The standard InChI is InChI=1S/C27H32ClN7O2/c28-22-18-29-26(30-20-10-12-21(13-11-20)35-14-16-37-17-15-35)34-25(22)32-23-8-4-5-9-24(23)33-27(36)31-19-6-2-1-3-7-19/h4-5,8-13,18-19H,1-3,6-7,14-17H2,(H2,31,33,36)(H2,29,30,32,34). The molecule has 9 nitrogen and oxygen atoms in total. The van der Waals surface area contributed by atoms with Crippen LogP contribution in [0.5, 0.6) is 0 Å². The lowest BCUT2D eigenvalue weighted by Crippen LogP contribution is -2.39. The molecule has 3 aromatic rings. The molecule has 0 bridgehead atoms. The predicted molar refractivity (Wildman–Crippen MR) is 149 cm³/mol. The van der Waals surface area contributed by atoms with Crippen molar-refractivity contribution in [3.8, 4) is 0 Å². The highest BCUT2D eigenvalue weighted by atomic mass is 35.5. The normalized spacial score (nSPS) is 16.2. The number of carbonyl (C=O) groups excluding carboxylic acids is 1. The Bertz CT molecular complexity index is 1200. The highest BCUT2D eigenvalue weighted by Crippen LogP contribution is 2.30. The van der Waals surface area contributed by atoms with Gasteiger partial charge in [-0.15, -0.1) is 0 Å². The lowest BCUT2D eigenvalue weighted by Gasteiger charge is -2.28. The molecule has 5 rings (SSSR count). The monoisotopic (exact) mass is 521 g/mol. The summed E-state index contributed by atoms with van der Waals surface area (Å²) in [4.78, 5) is 23.8. The van der Waals surface area contributed by atoms with Gasteiger partial charge in [0, 0.05) is 30.5 Å². The van der Waals surface area contributed by atoms with Crippen LogP contribution in [0.25, 0.3) is 0 Å². The van der Waals surface area contributed by atoms with Gasteiger partial charge in [-0.3, -0.25) is 0 Å². The van der Waals surface area contributed by atoms with Crippen LogP contribution in [-0.4, -0.2) is 48.3 Å². The number of benzene rings is 2. The number of anilines is 6. The molecule has 37 heavy (non-hydrogen) atoms. The summed E-state index contributed by atoms with van der Waals surface area (Å²) in [6, 6.07) is 15.6. The van der Waals surface area contributed by atoms with Gasteiger partial charge in [0.25, 0.3) is 0 Å². The molecule has 0 unspecified atom stereocenters. The average Bonchev–Trinajstić information content (AvgIpc) is 2.93. The number of aromatic nitrogens is 2. The molecule has 2 fully saturated rings. The molecule has 194 valence electrons. The van der Waals surface area contributed by atoms with Gasteiger partial charge in [0.2, 0.25) is 5.95 Å². The Hall–Kier alpha value is -3.56. The van der Waals surface area contributed by atoms with Crippen LogP contribution in [0.1, 0.15) is 32.1 Å². The van der Waals surface area contributed by atoms with Crippen molar-refractivity contribution < 1.29 is 9.53 Å². The second kappa shape index (κ2) is 12.1. The molecule has 1 aliphatic heterocycles. The van der Waals surface area contributed by atoms with Gasteiger partial charge in [0.1, 0.15) is 5.02 Å². The van der Waals surface area contributed by atoms with Gasteiger partial charge < -0.3 is 30.9 Å².